The minimum absolute atomic E-state index is 0.00944. The smallest absolute Gasteiger partial charge is 0.372 e. The number of hydrogen-bond donors (Lipinski definition) is 2. The number of nitrogens with two attached hydrogens (primary N) is 1. The Balaban J connectivity index is 2.53. The van der Waals surface area contributed by atoms with E-state index in [4.69, 9.17) is 5.84 Å². The lowest BCUT2D eigenvalue weighted by Gasteiger charge is -2.16. The second-order valence-corrected chi connectivity index (χ2v) is 5.50. The van der Waals surface area contributed by atoms with Gasteiger partial charge in [0.1, 0.15) is 6.61 Å². The molecule has 0 spiro atoms. The maximum Gasteiger partial charge on any atom is 0.411 e. The predicted octanol–water partition coefficient (Wildman–Crippen LogP) is 2.09. The zero-order chi connectivity index (χ0) is 16.0. The van der Waals surface area contributed by atoms with Crippen molar-refractivity contribution in [3.05, 3.63) is 15.9 Å². The number of alkyl halides is 3. The van der Waals surface area contributed by atoms with Crippen LogP contribution in [0, 0.1) is 0 Å². The van der Waals surface area contributed by atoms with Crippen molar-refractivity contribution in [2.45, 2.75) is 38.4 Å². The number of ether oxygens (including phenoxy) is 1. The van der Waals surface area contributed by atoms with Crippen molar-refractivity contribution in [1.29, 1.82) is 0 Å². The van der Waals surface area contributed by atoms with Crippen LogP contribution in [-0.2, 0) is 24.6 Å². The fourth-order valence-electron chi connectivity index (χ4n) is 1.93. The Kier molecular flexibility index (Phi) is 7.11. The normalized spacial score (nSPS) is 13.7. The van der Waals surface area contributed by atoms with E-state index in [9.17, 15) is 13.2 Å². The molecule has 0 saturated carbocycles. The van der Waals surface area contributed by atoms with Gasteiger partial charge >= 0.3 is 6.18 Å². The minimum atomic E-state index is -4.30. The number of nitrogens with one attached hydrogen (secondary N) is 1. The number of rotatable bonds is 8. The summed E-state index contributed by atoms with van der Waals surface area (Å²) in [6.07, 6.45) is -2.57. The van der Waals surface area contributed by atoms with E-state index in [1.165, 1.54) is 0 Å². The molecule has 0 saturated heterocycles. The molecular weight excluding hydrogens is 353 g/mol. The van der Waals surface area contributed by atoms with Crippen LogP contribution in [0.5, 0.6) is 0 Å². The third kappa shape index (κ3) is 5.93. The Bertz CT molecular complexity index is 450. The zero-order valence-electron chi connectivity index (χ0n) is 12.0. The first-order valence-electron chi connectivity index (χ1n) is 6.59. The molecule has 0 aliphatic carbocycles. The molecule has 3 N–H and O–H groups in total. The highest BCUT2D eigenvalue weighted by Gasteiger charge is 2.27. The van der Waals surface area contributed by atoms with E-state index in [2.05, 4.69) is 31.2 Å². The first-order chi connectivity index (χ1) is 9.78. The van der Waals surface area contributed by atoms with E-state index >= 15 is 0 Å². The molecule has 5 nitrogen and oxygen atoms in total. The summed E-state index contributed by atoms with van der Waals surface area (Å²) < 4.78 is 43.2. The second-order valence-electron chi connectivity index (χ2n) is 4.71. The van der Waals surface area contributed by atoms with Crippen LogP contribution in [0.15, 0.2) is 4.47 Å². The Morgan fingerprint density at radius 1 is 1.48 bits per heavy atom. The van der Waals surface area contributed by atoms with Gasteiger partial charge in [0.05, 0.1) is 15.9 Å². The average molecular weight is 373 g/mol. The largest absolute Gasteiger partial charge is 0.411 e. The lowest BCUT2D eigenvalue weighted by molar-refractivity contribution is -0.174. The highest BCUT2D eigenvalue weighted by Crippen LogP contribution is 2.23. The molecule has 0 aliphatic heterocycles. The first kappa shape index (κ1) is 18.4. The van der Waals surface area contributed by atoms with Crippen molar-refractivity contribution < 1.29 is 17.9 Å². The summed E-state index contributed by atoms with van der Waals surface area (Å²) in [5, 5.41) is 4.37. The number of nitrogens with zero attached hydrogens (tertiary/aromatic N) is 2. The van der Waals surface area contributed by atoms with Crippen molar-refractivity contribution in [3.63, 3.8) is 0 Å². The molecule has 1 aromatic heterocycles. The van der Waals surface area contributed by atoms with E-state index in [0.717, 1.165) is 22.3 Å². The third-order valence-electron chi connectivity index (χ3n) is 3.05. The molecule has 1 heterocycles. The molecule has 0 aliphatic rings. The van der Waals surface area contributed by atoms with Crippen LogP contribution < -0.4 is 11.3 Å². The molecule has 21 heavy (non-hydrogen) atoms. The Labute approximate surface area is 130 Å². The molecule has 0 amide bonds. The highest BCUT2D eigenvalue weighted by atomic mass is 79.9. The van der Waals surface area contributed by atoms with Gasteiger partial charge in [-0.05, 0) is 28.8 Å². The molecular formula is C12H20BrF3N4O. The van der Waals surface area contributed by atoms with Gasteiger partial charge in [-0.1, -0.05) is 6.92 Å². The SMILES string of the molecule is CCc1nn(C)c(CC(CCOCC(F)(F)F)NN)c1Br. The number of hydrazine groups is 1. The maximum atomic E-state index is 12.0. The predicted molar refractivity (Wildman–Crippen MR) is 76.6 cm³/mol. The molecule has 0 radical (unpaired) electrons. The van der Waals surface area contributed by atoms with Crippen LogP contribution in [-0.4, -0.2) is 35.2 Å². The number of aryl methyl sites for hydroxylation is 2. The summed E-state index contributed by atoms with van der Waals surface area (Å²) in [4.78, 5) is 0. The zero-order valence-corrected chi connectivity index (χ0v) is 13.6. The van der Waals surface area contributed by atoms with E-state index in [1.807, 2.05) is 14.0 Å². The monoisotopic (exact) mass is 372 g/mol. The van der Waals surface area contributed by atoms with Crippen molar-refractivity contribution >= 4 is 15.9 Å². The second kappa shape index (κ2) is 8.11. The lowest BCUT2D eigenvalue weighted by Crippen LogP contribution is -2.38. The summed E-state index contributed by atoms with van der Waals surface area (Å²) in [5.74, 6) is 5.46. The van der Waals surface area contributed by atoms with Gasteiger partial charge in [-0.2, -0.15) is 18.3 Å². The molecule has 9 heteroatoms. The van der Waals surface area contributed by atoms with Crippen molar-refractivity contribution in [3.8, 4) is 0 Å². The van der Waals surface area contributed by atoms with Gasteiger partial charge < -0.3 is 4.74 Å². The van der Waals surface area contributed by atoms with Crippen LogP contribution in [0.2, 0.25) is 0 Å². The van der Waals surface area contributed by atoms with Gasteiger partial charge in [-0.3, -0.25) is 16.0 Å². The van der Waals surface area contributed by atoms with Crippen LogP contribution in [0.25, 0.3) is 0 Å². The summed E-state index contributed by atoms with van der Waals surface area (Å²) >= 11 is 3.50. The molecule has 1 aromatic rings. The lowest BCUT2D eigenvalue weighted by atomic mass is 10.1. The van der Waals surface area contributed by atoms with E-state index < -0.39 is 12.8 Å². The average Bonchev–Trinajstić information content (AvgIpc) is 2.67. The molecule has 0 aromatic carbocycles. The van der Waals surface area contributed by atoms with Gasteiger partial charge in [-0.25, -0.2) is 0 Å². The molecule has 122 valence electrons. The summed E-state index contributed by atoms with van der Waals surface area (Å²) in [5.41, 5.74) is 4.50. The summed E-state index contributed by atoms with van der Waals surface area (Å²) in [7, 11) is 1.83. The van der Waals surface area contributed by atoms with Crippen molar-refractivity contribution in [1.82, 2.24) is 15.2 Å². The fraction of sp³-hybridized carbons (Fsp3) is 0.750. The topological polar surface area (TPSA) is 65.1 Å². The molecule has 1 rings (SSSR count). The maximum absolute atomic E-state index is 12.0. The van der Waals surface area contributed by atoms with Gasteiger partial charge in [-0.15, -0.1) is 0 Å². The van der Waals surface area contributed by atoms with Gasteiger partial charge in [0.25, 0.3) is 0 Å². The number of hydrogen-bond acceptors (Lipinski definition) is 4. The molecule has 0 bridgehead atoms. The van der Waals surface area contributed by atoms with Crippen LogP contribution in [0.3, 0.4) is 0 Å². The fourth-order valence-corrected chi connectivity index (χ4v) is 2.71. The first-order valence-corrected chi connectivity index (χ1v) is 7.38. The van der Waals surface area contributed by atoms with Crippen molar-refractivity contribution in [2.24, 2.45) is 12.9 Å². The third-order valence-corrected chi connectivity index (χ3v) is 3.97. The molecule has 1 atom stereocenters. The van der Waals surface area contributed by atoms with Crippen LogP contribution >= 0.6 is 15.9 Å². The van der Waals surface area contributed by atoms with Crippen LogP contribution in [0.1, 0.15) is 24.7 Å². The standard InChI is InChI=1S/C12H20BrF3N4O/c1-3-9-11(13)10(20(2)19-9)6-8(18-17)4-5-21-7-12(14,15)16/h8,18H,3-7,17H2,1-2H3. The van der Waals surface area contributed by atoms with Gasteiger partial charge in [0, 0.05) is 26.1 Å². The molecule has 0 fully saturated rings. The Morgan fingerprint density at radius 2 is 2.14 bits per heavy atom. The minimum Gasteiger partial charge on any atom is -0.372 e. The number of aromatic nitrogens is 2. The van der Waals surface area contributed by atoms with E-state index in [0.29, 0.717) is 12.8 Å². The van der Waals surface area contributed by atoms with E-state index in [1.54, 1.807) is 4.68 Å². The quantitative estimate of drug-likeness (QED) is 0.416. The van der Waals surface area contributed by atoms with Crippen LogP contribution in [0.4, 0.5) is 13.2 Å². The van der Waals surface area contributed by atoms with Crippen molar-refractivity contribution in [2.75, 3.05) is 13.2 Å². The van der Waals surface area contributed by atoms with E-state index in [-0.39, 0.29) is 12.6 Å². The molecule has 1 unspecified atom stereocenters. The number of halogens is 4. The Morgan fingerprint density at radius 3 is 2.62 bits per heavy atom. The Hall–Kier alpha value is -0.640. The van der Waals surface area contributed by atoms with Gasteiger partial charge in [0.15, 0.2) is 0 Å². The van der Waals surface area contributed by atoms with Gasteiger partial charge in [0.2, 0.25) is 0 Å². The highest BCUT2D eigenvalue weighted by molar-refractivity contribution is 9.10. The summed E-state index contributed by atoms with van der Waals surface area (Å²) in [6.45, 7) is 0.755. The summed E-state index contributed by atoms with van der Waals surface area (Å²) in [6, 6.07) is -0.186.